The van der Waals surface area contributed by atoms with Crippen molar-refractivity contribution in [3.63, 3.8) is 0 Å². The number of hydrogen-bond acceptors (Lipinski definition) is 16. The van der Waals surface area contributed by atoms with E-state index in [1.807, 2.05) is 36.4 Å². The van der Waals surface area contributed by atoms with Crippen molar-refractivity contribution in [2.45, 2.75) is 96.6 Å². The van der Waals surface area contributed by atoms with E-state index >= 15 is 0 Å². The lowest BCUT2D eigenvalue weighted by Crippen LogP contribution is -2.30. The third-order valence-corrected chi connectivity index (χ3v) is 12.2. The van der Waals surface area contributed by atoms with Gasteiger partial charge in [-0.25, -0.2) is 49.5 Å². The molecule has 6 heterocycles. The zero-order valence-electron chi connectivity index (χ0n) is 37.7. The van der Waals surface area contributed by atoms with Gasteiger partial charge in [-0.05, 0) is 132 Å². The summed E-state index contributed by atoms with van der Waals surface area (Å²) < 4.78 is 63.2. The van der Waals surface area contributed by atoms with Crippen LogP contribution in [-0.4, -0.2) is 90.2 Å². The van der Waals surface area contributed by atoms with Gasteiger partial charge in [0.2, 0.25) is 11.2 Å². The molecule has 23 heteroatoms. The highest BCUT2D eigenvalue weighted by molar-refractivity contribution is 6.34. The van der Waals surface area contributed by atoms with Crippen molar-refractivity contribution in [3.05, 3.63) is 100 Å². The molecule has 0 spiro atoms. The van der Waals surface area contributed by atoms with Crippen LogP contribution in [0, 0.1) is 11.8 Å². The van der Waals surface area contributed by atoms with Crippen LogP contribution >= 0.6 is 34.8 Å². The highest BCUT2D eigenvalue weighted by Gasteiger charge is 2.44. The molecule has 0 radical (unpaired) electrons. The predicted octanol–water partition coefficient (Wildman–Crippen LogP) is 10.4. The molecule has 2 fully saturated rings. The number of nitrogens with one attached hydrogen (secondary N) is 3. The molecule has 0 unspecified atom stereocenters. The summed E-state index contributed by atoms with van der Waals surface area (Å²) in [5.74, 6) is -7.77. The van der Waals surface area contributed by atoms with Gasteiger partial charge in [-0.15, -0.1) is 0 Å². The van der Waals surface area contributed by atoms with Gasteiger partial charge in [0.1, 0.15) is 22.7 Å². The molecule has 16 nitrogen and oxygen atoms in total. The monoisotopic (exact) mass is 1030 g/mol. The Kier molecular flexibility index (Phi) is 20.4. The molecule has 0 aromatic carbocycles. The predicted molar refractivity (Wildman–Crippen MR) is 262 cm³/mol. The van der Waals surface area contributed by atoms with Crippen LogP contribution in [0.5, 0.6) is 0 Å². The van der Waals surface area contributed by atoms with Crippen molar-refractivity contribution >= 4 is 86.1 Å². The average molecular weight is 1030 g/mol. The molecule has 6 aromatic heterocycles. The summed E-state index contributed by atoms with van der Waals surface area (Å²) in [6.45, 7) is 4.10. The summed E-state index contributed by atoms with van der Waals surface area (Å²) in [5.41, 5.74) is 5.92. The zero-order valence-corrected chi connectivity index (χ0v) is 39.9. The minimum Gasteiger partial charge on any atom is -0.461 e. The number of anilines is 3. The number of fused-ring (bicyclic) bond motifs is 2. The fourth-order valence-electron chi connectivity index (χ4n) is 7.63. The van der Waals surface area contributed by atoms with Crippen molar-refractivity contribution in [3.8, 4) is 0 Å². The van der Waals surface area contributed by atoms with Crippen LogP contribution < -0.4 is 21.7 Å². The second-order valence-electron chi connectivity index (χ2n) is 16.2. The van der Waals surface area contributed by atoms with E-state index in [9.17, 15) is 27.2 Å². The number of nitrogens with zero attached hydrogens (tertiary/aromatic N) is 8. The van der Waals surface area contributed by atoms with Crippen LogP contribution in [-0.2, 0) is 30.9 Å². The lowest BCUT2D eigenvalue weighted by Gasteiger charge is -2.29. The largest absolute Gasteiger partial charge is 0.461 e. The molecular formula is C47H55Cl3F4N12O4. The van der Waals surface area contributed by atoms with Crippen LogP contribution in [0.1, 0.15) is 83.8 Å². The van der Waals surface area contributed by atoms with Crippen molar-refractivity contribution < 1.29 is 36.6 Å². The third-order valence-electron chi connectivity index (χ3n) is 11.5. The highest BCUT2D eigenvalue weighted by atomic mass is 35.5. The number of nitrogens with two attached hydrogens (primary N) is 1. The third kappa shape index (κ3) is 14.8. The molecule has 0 bridgehead atoms. The number of halogens is 7. The molecule has 0 saturated heterocycles. The number of alkyl halides is 4. The number of esters is 2. The number of rotatable bonds is 14. The van der Waals surface area contributed by atoms with Gasteiger partial charge in [0, 0.05) is 66.6 Å². The van der Waals surface area contributed by atoms with Crippen molar-refractivity contribution in [2.24, 2.45) is 17.6 Å². The maximum absolute atomic E-state index is 14.0. The van der Waals surface area contributed by atoms with Crippen LogP contribution in [0.3, 0.4) is 0 Å². The fraction of sp³-hybridized carbons (Fsp3) is 0.447. The van der Waals surface area contributed by atoms with E-state index < -0.39 is 34.9 Å². The Bertz CT molecular complexity index is 2630. The smallest absolute Gasteiger partial charge is 0.382 e. The molecule has 376 valence electrons. The first kappa shape index (κ1) is 55.1. The van der Waals surface area contributed by atoms with E-state index in [4.69, 9.17) is 40.5 Å². The Balaban J connectivity index is 0.000000215. The molecule has 5 N–H and O–H groups in total. The standard InChI is InChI=1S/C23H25ClF2N6O2.C15H19ClN4.C8H7ClF2N2O2.CH4/c1-2-34-21(33)23(25,26)16-12-29-22(30-13-16)28-11-14-3-6-17(7-4-14)31-18-8-5-15-9-10-27-20(24)19(15)32-18;16-15-14-11(7-8-18-15)3-6-13(20-14)19-12-4-1-10(9-17)2-5-12;1-2-15-6(14)8(10,11)5-3-12-7(9)13-4-5;/h5,8-10,12-14,17H,2-4,6-7,11H2,1H3,(H,31,32)(H,28,29,30);3,6-8,10,12H,1-2,4-5,9,17H2,(H,19,20);3-4H,2H2,1H3;1H4. The normalized spacial score (nSPS) is 17.9. The number of hydrogen-bond donors (Lipinski definition) is 4. The Hall–Kier alpha value is -5.83. The Labute approximate surface area is 417 Å². The lowest BCUT2D eigenvalue weighted by atomic mass is 9.86. The Morgan fingerprint density at radius 2 is 1.04 bits per heavy atom. The summed E-state index contributed by atoms with van der Waals surface area (Å²) in [7, 11) is 0. The molecule has 8 rings (SSSR count). The first-order chi connectivity index (χ1) is 33.1. The van der Waals surface area contributed by atoms with Crippen LogP contribution in [0.15, 0.2) is 73.6 Å². The molecule has 2 aliphatic carbocycles. The SMILES string of the molecule is C.CCOC(=O)C(F)(F)c1cnc(Cl)nc1.CCOC(=O)C(F)(F)c1cnc(NCC2CCC(Nc3ccc4ccnc(Cl)c4n3)CC2)nc1.NCC1CCC(Nc2ccc3ccnc(Cl)c3n2)CC1. The minimum atomic E-state index is -3.78. The molecule has 0 atom stereocenters. The maximum Gasteiger partial charge on any atom is 0.382 e. The second-order valence-corrected chi connectivity index (χ2v) is 17.3. The zero-order chi connectivity index (χ0) is 49.6. The van der Waals surface area contributed by atoms with E-state index in [0.29, 0.717) is 46.3 Å². The first-order valence-corrected chi connectivity index (χ1v) is 23.4. The van der Waals surface area contributed by atoms with Gasteiger partial charge in [0.25, 0.3) is 0 Å². The molecule has 70 heavy (non-hydrogen) atoms. The fourth-order valence-corrected chi connectivity index (χ4v) is 8.14. The average Bonchev–Trinajstić information content (AvgIpc) is 3.35. The molecule has 6 aromatic rings. The lowest BCUT2D eigenvalue weighted by molar-refractivity contribution is -0.173. The molecule has 2 saturated carbocycles. The minimum absolute atomic E-state index is 0. The van der Waals surface area contributed by atoms with E-state index in [2.05, 4.69) is 65.3 Å². The summed E-state index contributed by atoms with van der Waals surface area (Å²) in [6.07, 6.45) is 15.4. The van der Waals surface area contributed by atoms with Gasteiger partial charge in [-0.3, -0.25) is 0 Å². The maximum atomic E-state index is 14.0. The first-order valence-electron chi connectivity index (χ1n) is 22.3. The van der Waals surface area contributed by atoms with E-state index in [0.717, 1.165) is 97.8 Å². The number of pyridine rings is 4. The van der Waals surface area contributed by atoms with Crippen LogP contribution in [0.4, 0.5) is 35.1 Å². The topological polar surface area (TPSA) is 218 Å². The molecular weight excluding hydrogens is 979 g/mol. The number of carbonyl (C=O) groups is 2. The van der Waals surface area contributed by atoms with Crippen molar-refractivity contribution in [2.75, 3.05) is 42.3 Å². The molecule has 0 amide bonds. The Morgan fingerprint density at radius 3 is 1.46 bits per heavy atom. The van der Waals surface area contributed by atoms with E-state index in [1.165, 1.54) is 26.7 Å². The number of carbonyl (C=O) groups excluding carboxylic acids is 2. The van der Waals surface area contributed by atoms with Crippen molar-refractivity contribution in [1.82, 2.24) is 39.9 Å². The second kappa shape index (κ2) is 25.9. The van der Waals surface area contributed by atoms with E-state index in [1.54, 1.807) is 12.4 Å². The molecule has 2 aliphatic rings. The summed E-state index contributed by atoms with van der Waals surface area (Å²) in [5, 5.41) is 12.7. The number of ether oxygens (including phenoxy) is 2. The van der Waals surface area contributed by atoms with Gasteiger partial charge in [-0.2, -0.15) is 17.6 Å². The van der Waals surface area contributed by atoms with Crippen LogP contribution in [0.2, 0.25) is 15.6 Å². The number of aromatic nitrogens is 8. The van der Waals surface area contributed by atoms with Gasteiger partial charge in [-0.1, -0.05) is 30.6 Å². The summed E-state index contributed by atoms with van der Waals surface area (Å²) in [6, 6.07) is 12.5. The van der Waals surface area contributed by atoms with Gasteiger partial charge in [0.05, 0.1) is 24.3 Å². The summed E-state index contributed by atoms with van der Waals surface area (Å²) in [4.78, 5) is 54.2. The molecule has 0 aliphatic heterocycles. The van der Waals surface area contributed by atoms with Crippen molar-refractivity contribution in [1.29, 1.82) is 0 Å². The highest BCUT2D eigenvalue weighted by Crippen LogP contribution is 2.32. The van der Waals surface area contributed by atoms with Gasteiger partial charge in [0.15, 0.2) is 10.3 Å². The van der Waals surface area contributed by atoms with Gasteiger partial charge >= 0.3 is 23.8 Å². The van der Waals surface area contributed by atoms with E-state index in [-0.39, 0.29) is 31.9 Å². The summed E-state index contributed by atoms with van der Waals surface area (Å²) >= 11 is 17.6. The Morgan fingerprint density at radius 1 is 0.629 bits per heavy atom. The quantitative estimate of drug-likeness (QED) is 0.0345. The van der Waals surface area contributed by atoms with Crippen LogP contribution in [0.25, 0.3) is 21.8 Å². The van der Waals surface area contributed by atoms with Gasteiger partial charge < -0.3 is 31.2 Å².